The molecule has 2 nitrogen and oxygen atoms in total. The molecule has 1 aliphatic heterocycles. The van der Waals surface area contributed by atoms with Crippen LogP contribution in [0.5, 0.6) is 0 Å². The van der Waals surface area contributed by atoms with E-state index in [1.54, 1.807) is 0 Å². The number of hydrogen-bond donors (Lipinski definition) is 1. The van der Waals surface area contributed by atoms with Gasteiger partial charge in [-0.25, -0.2) is 0 Å². The number of nitrogens with one attached hydrogen (secondary N) is 1. The minimum Gasteiger partial charge on any atom is -0.377 e. The van der Waals surface area contributed by atoms with Crippen LogP contribution in [0.15, 0.2) is 0 Å². The maximum Gasteiger partial charge on any atom is 0.0672 e. The minimum absolute atomic E-state index is 0.417. The summed E-state index contributed by atoms with van der Waals surface area (Å²) in [7, 11) is 0. The Morgan fingerprint density at radius 2 is 2.00 bits per heavy atom. The van der Waals surface area contributed by atoms with E-state index in [4.69, 9.17) is 4.74 Å². The van der Waals surface area contributed by atoms with Crippen molar-refractivity contribution in [1.29, 1.82) is 0 Å². The molecule has 1 aliphatic carbocycles. The van der Waals surface area contributed by atoms with E-state index >= 15 is 0 Å². The second kappa shape index (κ2) is 6.58. The van der Waals surface area contributed by atoms with Gasteiger partial charge in [-0.1, -0.05) is 40.5 Å². The summed E-state index contributed by atoms with van der Waals surface area (Å²) >= 11 is 0. The van der Waals surface area contributed by atoms with Crippen LogP contribution in [0, 0.1) is 17.3 Å². The van der Waals surface area contributed by atoms with Crippen molar-refractivity contribution < 1.29 is 4.74 Å². The quantitative estimate of drug-likeness (QED) is 0.718. The van der Waals surface area contributed by atoms with Crippen molar-refractivity contribution in [3.05, 3.63) is 0 Å². The molecule has 0 aromatic rings. The van der Waals surface area contributed by atoms with Crippen molar-refractivity contribution in [3.63, 3.8) is 0 Å². The molecule has 0 aromatic carbocycles. The Bertz CT molecular complexity index is 274. The smallest absolute Gasteiger partial charge is 0.0672 e. The Hall–Kier alpha value is -0.0800. The van der Waals surface area contributed by atoms with Gasteiger partial charge in [0, 0.05) is 24.6 Å². The van der Waals surface area contributed by atoms with E-state index < -0.39 is 0 Å². The molecule has 2 heteroatoms. The van der Waals surface area contributed by atoms with E-state index in [-0.39, 0.29) is 0 Å². The third kappa shape index (κ3) is 3.95. The first-order chi connectivity index (χ1) is 9.07. The normalized spacial score (nSPS) is 33.0. The van der Waals surface area contributed by atoms with Crippen molar-refractivity contribution in [2.24, 2.45) is 17.3 Å². The van der Waals surface area contributed by atoms with E-state index in [2.05, 4.69) is 33.0 Å². The molecule has 0 aromatic heterocycles. The minimum atomic E-state index is 0.417. The molecule has 19 heavy (non-hydrogen) atoms. The Kier molecular flexibility index (Phi) is 5.30. The summed E-state index contributed by atoms with van der Waals surface area (Å²) < 4.78 is 6.16. The molecule has 3 atom stereocenters. The van der Waals surface area contributed by atoms with Gasteiger partial charge in [-0.3, -0.25) is 0 Å². The maximum absolute atomic E-state index is 6.16. The van der Waals surface area contributed by atoms with Crippen molar-refractivity contribution in [2.75, 3.05) is 13.2 Å². The van der Waals surface area contributed by atoms with Gasteiger partial charge in [-0.05, 0) is 37.5 Å². The molecular formula is C17H33NO. The van der Waals surface area contributed by atoms with Crippen LogP contribution in [0.3, 0.4) is 0 Å². The lowest BCUT2D eigenvalue weighted by molar-refractivity contribution is 0.0181. The Balaban J connectivity index is 2.02. The molecule has 2 rings (SSSR count). The summed E-state index contributed by atoms with van der Waals surface area (Å²) in [4.78, 5) is 0. The summed E-state index contributed by atoms with van der Waals surface area (Å²) in [6.45, 7) is 11.4. The maximum atomic E-state index is 6.16. The van der Waals surface area contributed by atoms with Gasteiger partial charge in [-0.2, -0.15) is 0 Å². The zero-order valence-corrected chi connectivity index (χ0v) is 13.4. The first-order valence-electron chi connectivity index (χ1n) is 8.42. The Labute approximate surface area is 119 Å². The standard InChI is InChI=1S/C17H33NO/c1-5-6-14(4)11-17(12-18-13(2)3)9-10-19-16(17)15-7-8-15/h13-16,18H,5-12H2,1-4H3. The average molecular weight is 267 g/mol. The second-order valence-electron chi connectivity index (χ2n) is 7.37. The zero-order valence-electron chi connectivity index (χ0n) is 13.4. The molecule has 0 radical (unpaired) electrons. The van der Waals surface area contributed by atoms with Gasteiger partial charge in [0.2, 0.25) is 0 Å². The predicted molar refractivity (Wildman–Crippen MR) is 81.3 cm³/mol. The fourth-order valence-corrected chi connectivity index (χ4v) is 3.92. The molecule has 0 spiro atoms. The van der Waals surface area contributed by atoms with E-state index in [1.165, 1.54) is 38.5 Å². The summed E-state index contributed by atoms with van der Waals surface area (Å²) in [5.74, 6) is 1.70. The monoisotopic (exact) mass is 267 g/mol. The third-order valence-corrected chi connectivity index (χ3v) is 4.95. The third-order valence-electron chi connectivity index (χ3n) is 4.95. The highest BCUT2D eigenvalue weighted by molar-refractivity contribution is 5.01. The number of rotatable bonds is 8. The van der Waals surface area contributed by atoms with Gasteiger partial charge in [-0.15, -0.1) is 0 Å². The molecule has 2 aliphatic rings. The largest absolute Gasteiger partial charge is 0.377 e. The molecule has 0 amide bonds. The molecule has 1 saturated carbocycles. The molecule has 0 bridgehead atoms. The van der Waals surface area contributed by atoms with E-state index in [9.17, 15) is 0 Å². The number of ether oxygens (including phenoxy) is 1. The van der Waals surface area contributed by atoms with Crippen LogP contribution < -0.4 is 5.32 Å². The van der Waals surface area contributed by atoms with Crippen molar-refractivity contribution in [2.45, 2.75) is 78.4 Å². The van der Waals surface area contributed by atoms with Gasteiger partial charge >= 0.3 is 0 Å². The zero-order chi connectivity index (χ0) is 13.9. The molecule has 3 unspecified atom stereocenters. The van der Waals surface area contributed by atoms with Crippen molar-refractivity contribution in [3.8, 4) is 0 Å². The van der Waals surface area contributed by atoms with Gasteiger partial charge in [0.15, 0.2) is 0 Å². The van der Waals surface area contributed by atoms with E-state index in [1.807, 2.05) is 0 Å². The molecule has 1 N–H and O–H groups in total. The van der Waals surface area contributed by atoms with E-state index in [0.717, 1.165) is 25.0 Å². The van der Waals surface area contributed by atoms with Crippen LogP contribution in [0.1, 0.15) is 66.2 Å². The van der Waals surface area contributed by atoms with Gasteiger partial charge < -0.3 is 10.1 Å². The molecular weight excluding hydrogens is 234 g/mol. The lowest BCUT2D eigenvalue weighted by Gasteiger charge is -2.37. The van der Waals surface area contributed by atoms with Crippen molar-refractivity contribution >= 4 is 0 Å². The lowest BCUT2D eigenvalue weighted by Crippen LogP contribution is -2.44. The van der Waals surface area contributed by atoms with Crippen LogP contribution in [0.25, 0.3) is 0 Å². The molecule has 112 valence electrons. The summed E-state index contributed by atoms with van der Waals surface area (Å²) in [5.41, 5.74) is 0.417. The fraction of sp³-hybridized carbons (Fsp3) is 1.00. The lowest BCUT2D eigenvalue weighted by atomic mass is 9.71. The summed E-state index contributed by atoms with van der Waals surface area (Å²) in [5, 5.41) is 3.71. The Morgan fingerprint density at radius 3 is 2.58 bits per heavy atom. The SMILES string of the molecule is CCCC(C)CC1(CNC(C)C)CCOC1C1CC1. The van der Waals surface area contributed by atoms with Crippen LogP contribution in [-0.4, -0.2) is 25.3 Å². The summed E-state index contributed by atoms with van der Waals surface area (Å²) in [6, 6.07) is 0.582. The molecule has 1 saturated heterocycles. The van der Waals surface area contributed by atoms with Gasteiger partial charge in [0.05, 0.1) is 6.10 Å². The summed E-state index contributed by atoms with van der Waals surface area (Å²) in [6.07, 6.45) is 8.62. The van der Waals surface area contributed by atoms with Gasteiger partial charge in [0.1, 0.15) is 0 Å². The predicted octanol–water partition coefficient (Wildman–Crippen LogP) is 4.00. The molecule has 1 heterocycles. The van der Waals surface area contributed by atoms with Gasteiger partial charge in [0.25, 0.3) is 0 Å². The van der Waals surface area contributed by atoms with E-state index in [0.29, 0.717) is 17.6 Å². The average Bonchev–Trinajstić information content (AvgIpc) is 3.10. The van der Waals surface area contributed by atoms with Crippen LogP contribution >= 0.6 is 0 Å². The highest BCUT2D eigenvalue weighted by Crippen LogP contribution is 2.50. The van der Waals surface area contributed by atoms with Crippen LogP contribution in [-0.2, 0) is 4.74 Å². The first kappa shape index (κ1) is 15.3. The van der Waals surface area contributed by atoms with Crippen LogP contribution in [0.4, 0.5) is 0 Å². The fourth-order valence-electron chi connectivity index (χ4n) is 3.92. The highest BCUT2D eigenvalue weighted by atomic mass is 16.5. The second-order valence-corrected chi connectivity index (χ2v) is 7.37. The van der Waals surface area contributed by atoms with Crippen molar-refractivity contribution in [1.82, 2.24) is 5.32 Å². The highest BCUT2D eigenvalue weighted by Gasteiger charge is 2.50. The first-order valence-corrected chi connectivity index (χ1v) is 8.42. The topological polar surface area (TPSA) is 21.3 Å². The van der Waals surface area contributed by atoms with Crippen LogP contribution in [0.2, 0.25) is 0 Å². The number of hydrogen-bond acceptors (Lipinski definition) is 2. The Morgan fingerprint density at radius 1 is 1.26 bits per heavy atom. The molecule has 2 fully saturated rings.